The van der Waals surface area contributed by atoms with Crippen LogP contribution >= 0.6 is 11.8 Å². The highest BCUT2D eigenvalue weighted by atomic mass is 32.2. The fraction of sp³-hybridized carbons (Fsp3) is 0.333. The second-order valence-corrected chi connectivity index (χ2v) is 6.89. The molecule has 0 saturated heterocycles. The van der Waals surface area contributed by atoms with Crippen LogP contribution in [-0.4, -0.2) is 40.9 Å². The summed E-state index contributed by atoms with van der Waals surface area (Å²) >= 11 is 1.18. The van der Waals surface area contributed by atoms with E-state index in [4.69, 9.17) is 9.47 Å². The van der Waals surface area contributed by atoms with Crippen LogP contribution in [0.2, 0.25) is 0 Å². The van der Waals surface area contributed by atoms with Crippen LogP contribution in [0.3, 0.4) is 0 Å². The number of nitrogens with zero attached hydrogens (tertiary/aromatic N) is 2. The average molecular weight is 388 g/mol. The minimum atomic E-state index is -0.616. The molecule has 1 aromatic carbocycles. The summed E-state index contributed by atoms with van der Waals surface area (Å²) < 4.78 is 10.9. The number of carbonyl (C=O) groups is 2. The molecule has 0 saturated carbocycles. The second-order valence-electron chi connectivity index (χ2n) is 5.95. The van der Waals surface area contributed by atoms with E-state index in [1.54, 1.807) is 18.2 Å². The van der Waals surface area contributed by atoms with Crippen LogP contribution in [0.25, 0.3) is 0 Å². The number of imide groups is 1. The van der Waals surface area contributed by atoms with Crippen molar-refractivity contribution in [3.63, 3.8) is 0 Å². The number of aryl methyl sites for hydroxylation is 2. The number of amides is 3. The lowest BCUT2D eigenvalue weighted by Crippen LogP contribution is -2.35. The summed E-state index contributed by atoms with van der Waals surface area (Å²) in [5, 5.41) is 5.39. The fourth-order valence-electron chi connectivity index (χ4n) is 2.38. The molecule has 0 atom stereocenters. The van der Waals surface area contributed by atoms with E-state index in [2.05, 4.69) is 20.6 Å². The van der Waals surface area contributed by atoms with Crippen molar-refractivity contribution in [3.05, 3.63) is 35.2 Å². The van der Waals surface area contributed by atoms with Gasteiger partial charge < -0.3 is 14.8 Å². The summed E-state index contributed by atoms with van der Waals surface area (Å²) in [7, 11) is 0. The van der Waals surface area contributed by atoms with Crippen LogP contribution in [0.15, 0.2) is 23.4 Å². The zero-order valence-electron chi connectivity index (χ0n) is 15.3. The lowest BCUT2D eigenvalue weighted by Gasteiger charge is -2.19. The molecule has 0 fully saturated rings. The minimum Gasteiger partial charge on any atom is -0.486 e. The number of hydrogen-bond acceptors (Lipinski definition) is 7. The van der Waals surface area contributed by atoms with Gasteiger partial charge in [-0.05, 0) is 38.5 Å². The predicted molar refractivity (Wildman–Crippen MR) is 102 cm³/mol. The van der Waals surface area contributed by atoms with Crippen LogP contribution in [0.1, 0.15) is 17.0 Å². The van der Waals surface area contributed by atoms with Gasteiger partial charge in [-0.2, -0.15) is 0 Å². The minimum absolute atomic E-state index is 0.0382. The van der Waals surface area contributed by atoms with E-state index in [-0.39, 0.29) is 5.75 Å². The maximum atomic E-state index is 12.0. The quantitative estimate of drug-likeness (QED) is 0.613. The number of anilines is 1. The highest BCUT2D eigenvalue weighted by Crippen LogP contribution is 2.32. The third-order valence-corrected chi connectivity index (χ3v) is 4.84. The molecule has 8 nitrogen and oxygen atoms in total. The predicted octanol–water partition coefficient (Wildman–Crippen LogP) is 2.61. The molecule has 27 heavy (non-hydrogen) atoms. The lowest BCUT2D eigenvalue weighted by atomic mass is 10.2. The zero-order valence-corrected chi connectivity index (χ0v) is 16.1. The summed E-state index contributed by atoms with van der Waals surface area (Å²) in [6.45, 7) is 6.70. The van der Waals surface area contributed by atoms with Gasteiger partial charge in [0.15, 0.2) is 16.7 Å². The lowest BCUT2D eigenvalue weighted by molar-refractivity contribution is -0.117. The average Bonchev–Trinajstić information content (AvgIpc) is 2.64. The maximum Gasteiger partial charge on any atom is 0.325 e. The number of rotatable bonds is 4. The van der Waals surface area contributed by atoms with Gasteiger partial charge >= 0.3 is 6.03 Å². The summed E-state index contributed by atoms with van der Waals surface area (Å²) in [5.74, 6) is 0.789. The Labute approximate surface area is 161 Å². The molecule has 2 heterocycles. The van der Waals surface area contributed by atoms with E-state index < -0.39 is 11.9 Å². The van der Waals surface area contributed by atoms with E-state index in [1.807, 2.05) is 20.8 Å². The number of benzene rings is 1. The Morgan fingerprint density at radius 1 is 1.07 bits per heavy atom. The summed E-state index contributed by atoms with van der Waals surface area (Å²) in [4.78, 5) is 32.7. The van der Waals surface area contributed by atoms with Crippen LogP contribution in [0.4, 0.5) is 10.5 Å². The number of carbonyl (C=O) groups excluding carboxylic acids is 2. The van der Waals surface area contributed by atoms with Gasteiger partial charge in [0.25, 0.3) is 0 Å². The van der Waals surface area contributed by atoms with Crippen molar-refractivity contribution in [3.8, 4) is 11.5 Å². The molecule has 1 aliphatic rings. The summed E-state index contributed by atoms with van der Waals surface area (Å²) in [5.41, 5.74) is 3.29. The van der Waals surface area contributed by atoms with Gasteiger partial charge in [0.05, 0.1) is 5.75 Å². The van der Waals surface area contributed by atoms with Gasteiger partial charge in [-0.25, -0.2) is 14.8 Å². The first-order chi connectivity index (χ1) is 12.9. The second kappa shape index (κ2) is 8.26. The first kappa shape index (κ1) is 19.0. The van der Waals surface area contributed by atoms with Crippen molar-refractivity contribution >= 4 is 29.4 Å². The van der Waals surface area contributed by atoms with Gasteiger partial charge in [0.2, 0.25) is 5.91 Å². The van der Waals surface area contributed by atoms with E-state index in [0.717, 1.165) is 17.0 Å². The Bertz CT molecular complexity index is 865. The Balaban J connectivity index is 1.51. The summed E-state index contributed by atoms with van der Waals surface area (Å²) in [6.07, 6.45) is 0. The van der Waals surface area contributed by atoms with E-state index in [0.29, 0.717) is 35.6 Å². The first-order valence-electron chi connectivity index (χ1n) is 8.37. The molecule has 3 rings (SSSR count). The van der Waals surface area contributed by atoms with Crippen LogP contribution < -0.4 is 20.1 Å². The Kier molecular flexibility index (Phi) is 5.80. The first-order valence-corrected chi connectivity index (χ1v) is 9.36. The van der Waals surface area contributed by atoms with Gasteiger partial charge in [0, 0.05) is 23.1 Å². The highest BCUT2D eigenvalue weighted by Gasteiger charge is 2.14. The van der Waals surface area contributed by atoms with Gasteiger partial charge in [0.1, 0.15) is 13.2 Å². The van der Waals surface area contributed by atoms with Gasteiger partial charge in [-0.15, -0.1) is 0 Å². The molecule has 9 heteroatoms. The van der Waals surface area contributed by atoms with E-state index in [9.17, 15) is 9.59 Å². The van der Waals surface area contributed by atoms with Crippen molar-refractivity contribution in [2.75, 3.05) is 24.3 Å². The molecular weight excluding hydrogens is 368 g/mol. The fourth-order valence-corrected chi connectivity index (χ4v) is 3.12. The smallest absolute Gasteiger partial charge is 0.325 e. The maximum absolute atomic E-state index is 12.0. The van der Waals surface area contributed by atoms with Crippen LogP contribution in [0.5, 0.6) is 11.5 Å². The number of nitrogens with one attached hydrogen (secondary N) is 2. The molecule has 1 aromatic heterocycles. The molecule has 1 aliphatic heterocycles. The molecule has 0 aliphatic carbocycles. The zero-order chi connectivity index (χ0) is 19.4. The van der Waals surface area contributed by atoms with Gasteiger partial charge in [-0.1, -0.05) is 11.8 Å². The Hall–Kier alpha value is -2.81. The monoisotopic (exact) mass is 388 g/mol. The number of aromatic nitrogens is 2. The molecule has 0 radical (unpaired) electrons. The SMILES string of the molecule is Cc1nc(SCC(=O)NC(=O)Nc2ccc3c(c2)OCCO3)nc(C)c1C. The van der Waals surface area contributed by atoms with Gasteiger partial charge in [-0.3, -0.25) is 10.1 Å². The molecule has 2 N–H and O–H groups in total. The number of urea groups is 1. The van der Waals surface area contributed by atoms with Crippen molar-refractivity contribution in [2.45, 2.75) is 25.9 Å². The third kappa shape index (κ3) is 4.88. The largest absolute Gasteiger partial charge is 0.486 e. The molecule has 3 amide bonds. The highest BCUT2D eigenvalue weighted by molar-refractivity contribution is 7.99. The molecule has 0 bridgehead atoms. The molecule has 2 aromatic rings. The molecule has 0 unspecified atom stereocenters. The third-order valence-electron chi connectivity index (χ3n) is 4.00. The number of thioether (sulfide) groups is 1. The van der Waals surface area contributed by atoms with Crippen molar-refractivity contribution in [2.24, 2.45) is 0 Å². The van der Waals surface area contributed by atoms with Crippen molar-refractivity contribution in [1.29, 1.82) is 0 Å². The Morgan fingerprint density at radius 2 is 1.74 bits per heavy atom. The van der Waals surface area contributed by atoms with Crippen molar-refractivity contribution in [1.82, 2.24) is 15.3 Å². The molecule has 142 valence electrons. The van der Waals surface area contributed by atoms with E-state index >= 15 is 0 Å². The summed E-state index contributed by atoms with van der Waals surface area (Å²) in [6, 6.07) is 4.42. The van der Waals surface area contributed by atoms with Crippen LogP contribution in [0, 0.1) is 20.8 Å². The van der Waals surface area contributed by atoms with E-state index in [1.165, 1.54) is 11.8 Å². The van der Waals surface area contributed by atoms with Crippen molar-refractivity contribution < 1.29 is 19.1 Å². The topological polar surface area (TPSA) is 102 Å². The van der Waals surface area contributed by atoms with Crippen LogP contribution in [-0.2, 0) is 4.79 Å². The number of ether oxygens (including phenoxy) is 2. The molecular formula is C18H20N4O4S. The number of hydrogen-bond donors (Lipinski definition) is 2. The normalized spacial score (nSPS) is 12.4. The Morgan fingerprint density at radius 3 is 2.44 bits per heavy atom. The standard InChI is InChI=1S/C18H20N4O4S/c1-10-11(2)19-18(20-12(10)3)27-9-16(23)22-17(24)21-13-4-5-14-15(8-13)26-7-6-25-14/h4-5,8H,6-7,9H2,1-3H3,(H2,21,22,23,24). The number of fused-ring (bicyclic) bond motifs is 1. The molecule has 0 spiro atoms.